The highest BCUT2D eigenvalue weighted by molar-refractivity contribution is 5.19. The highest BCUT2D eigenvalue weighted by atomic mass is 16.3. The zero-order valence-corrected chi connectivity index (χ0v) is 12.6. The Kier molecular flexibility index (Phi) is 4.44. The molecular weight excluding hydrogens is 250 g/mol. The molecule has 0 atom stereocenters. The second-order valence-electron chi connectivity index (χ2n) is 6.27. The van der Waals surface area contributed by atoms with Gasteiger partial charge in [0.05, 0.1) is 13.1 Å². The molecule has 0 bridgehead atoms. The number of hydrogen-bond acceptors (Lipinski definition) is 4. The second-order valence-corrected chi connectivity index (χ2v) is 6.27. The van der Waals surface area contributed by atoms with E-state index >= 15 is 0 Å². The molecule has 1 saturated heterocycles. The topological polar surface area (TPSA) is 45.6 Å². The Bertz CT molecular complexity index is 429. The molecule has 2 fully saturated rings. The van der Waals surface area contributed by atoms with Crippen LogP contribution in [0.4, 0.5) is 0 Å². The van der Waals surface area contributed by atoms with Gasteiger partial charge in [-0.1, -0.05) is 12.8 Å². The zero-order chi connectivity index (χ0) is 13.9. The van der Waals surface area contributed by atoms with Crippen molar-refractivity contribution in [2.24, 2.45) is 5.73 Å². The van der Waals surface area contributed by atoms with Crippen molar-refractivity contribution in [3.8, 4) is 0 Å². The number of rotatable bonds is 4. The van der Waals surface area contributed by atoms with Crippen LogP contribution in [0.2, 0.25) is 0 Å². The van der Waals surface area contributed by atoms with Gasteiger partial charge in [-0.3, -0.25) is 9.80 Å². The van der Waals surface area contributed by atoms with Gasteiger partial charge in [0.1, 0.15) is 11.5 Å². The van der Waals surface area contributed by atoms with Gasteiger partial charge in [-0.15, -0.1) is 0 Å². The third-order valence-corrected chi connectivity index (χ3v) is 4.88. The first-order valence-electron chi connectivity index (χ1n) is 8.01. The molecule has 4 nitrogen and oxygen atoms in total. The molecule has 2 aliphatic rings. The van der Waals surface area contributed by atoms with Gasteiger partial charge < -0.3 is 10.2 Å². The summed E-state index contributed by atoms with van der Waals surface area (Å²) in [4.78, 5) is 5.20. The Morgan fingerprint density at radius 3 is 2.50 bits per heavy atom. The number of nitrogens with two attached hydrogens (primary N) is 1. The van der Waals surface area contributed by atoms with Gasteiger partial charge >= 0.3 is 0 Å². The molecule has 0 unspecified atom stereocenters. The summed E-state index contributed by atoms with van der Waals surface area (Å²) >= 11 is 0. The number of nitrogens with zero attached hydrogens (tertiary/aromatic N) is 2. The maximum atomic E-state index is 5.81. The fourth-order valence-electron chi connectivity index (χ4n) is 3.65. The minimum absolute atomic E-state index is 0.501. The van der Waals surface area contributed by atoms with Crippen LogP contribution in [0.1, 0.15) is 42.8 Å². The van der Waals surface area contributed by atoms with Crippen LogP contribution < -0.4 is 5.73 Å². The van der Waals surface area contributed by atoms with E-state index in [9.17, 15) is 0 Å². The molecule has 0 radical (unpaired) electrons. The fraction of sp³-hybridized carbons (Fsp3) is 0.750. The van der Waals surface area contributed by atoms with E-state index in [2.05, 4.69) is 22.8 Å². The molecule has 1 aliphatic carbocycles. The molecule has 1 aliphatic heterocycles. The molecule has 0 aromatic carbocycles. The van der Waals surface area contributed by atoms with E-state index in [-0.39, 0.29) is 0 Å². The predicted molar refractivity (Wildman–Crippen MR) is 80.4 cm³/mol. The normalized spacial score (nSPS) is 22.7. The van der Waals surface area contributed by atoms with E-state index in [0.29, 0.717) is 6.54 Å². The lowest BCUT2D eigenvalue weighted by Crippen LogP contribution is -2.49. The van der Waals surface area contributed by atoms with Crippen LogP contribution in [0.5, 0.6) is 0 Å². The van der Waals surface area contributed by atoms with Gasteiger partial charge in [-0.05, 0) is 31.4 Å². The van der Waals surface area contributed by atoms with Crippen molar-refractivity contribution in [1.82, 2.24) is 9.80 Å². The smallest absolute Gasteiger partial charge is 0.120 e. The molecule has 112 valence electrons. The Morgan fingerprint density at radius 1 is 1.20 bits per heavy atom. The average molecular weight is 277 g/mol. The minimum Gasteiger partial charge on any atom is -0.463 e. The average Bonchev–Trinajstić information content (AvgIpc) is 3.09. The van der Waals surface area contributed by atoms with E-state index in [0.717, 1.165) is 37.2 Å². The van der Waals surface area contributed by atoms with Gasteiger partial charge in [0.25, 0.3) is 0 Å². The van der Waals surface area contributed by atoms with Crippen molar-refractivity contribution >= 4 is 0 Å². The first-order valence-corrected chi connectivity index (χ1v) is 8.01. The maximum absolute atomic E-state index is 5.81. The summed E-state index contributed by atoms with van der Waals surface area (Å²) in [5, 5.41) is 0. The molecule has 3 rings (SSSR count). The molecule has 2 heterocycles. The summed E-state index contributed by atoms with van der Waals surface area (Å²) in [5.41, 5.74) is 6.86. The molecule has 2 N–H and O–H groups in total. The second kappa shape index (κ2) is 6.29. The molecule has 0 spiro atoms. The van der Waals surface area contributed by atoms with Gasteiger partial charge in [-0.2, -0.15) is 0 Å². The summed E-state index contributed by atoms with van der Waals surface area (Å²) in [6.45, 7) is 8.26. The van der Waals surface area contributed by atoms with Crippen LogP contribution in [0, 0.1) is 6.92 Å². The van der Waals surface area contributed by atoms with E-state index in [1.807, 2.05) is 0 Å². The number of furan rings is 1. The van der Waals surface area contributed by atoms with Crippen LogP contribution >= 0.6 is 0 Å². The summed E-state index contributed by atoms with van der Waals surface area (Å²) in [7, 11) is 0. The van der Waals surface area contributed by atoms with E-state index in [4.69, 9.17) is 10.2 Å². The molecule has 0 amide bonds. The van der Waals surface area contributed by atoms with Crippen molar-refractivity contribution in [2.75, 3.05) is 26.2 Å². The van der Waals surface area contributed by atoms with Gasteiger partial charge in [-0.25, -0.2) is 0 Å². The highest BCUT2D eigenvalue weighted by Gasteiger charge is 2.26. The van der Waals surface area contributed by atoms with Crippen molar-refractivity contribution in [3.63, 3.8) is 0 Å². The molecule has 20 heavy (non-hydrogen) atoms. The standard InChI is InChI=1S/C16H27N3O/c1-13-10-15(20-16(13)11-17)12-18-6-8-19(9-7-18)14-4-2-3-5-14/h10,14H,2-9,11-12,17H2,1H3. The zero-order valence-electron chi connectivity index (χ0n) is 12.6. The van der Waals surface area contributed by atoms with Crippen molar-refractivity contribution in [3.05, 3.63) is 23.2 Å². The molecular formula is C16H27N3O. The molecule has 1 aromatic rings. The lowest BCUT2D eigenvalue weighted by molar-refractivity contribution is 0.0892. The summed E-state index contributed by atoms with van der Waals surface area (Å²) < 4.78 is 5.81. The Hall–Kier alpha value is -0.840. The Labute approximate surface area is 121 Å². The lowest BCUT2D eigenvalue weighted by Gasteiger charge is -2.37. The first kappa shape index (κ1) is 14.1. The van der Waals surface area contributed by atoms with E-state index < -0.39 is 0 Å². The van der Waals surface area contributed by atoms with Crippen LogP contribution in [-0.2, 0) is 13.1 Å². The number of piperazine rings is 1. The summed E-state index contributed by atoms with van der Waals surface area (Å²) in [6, 6.07) is 3.01. The van der Waals surface area contributed by atoms with Gasteiger partial charge in [0.15, 0.2) is 0 Å². The van der Waals surface area contributed by atoms with Crippen LogP contribution in [-0.4, -0.2) is 42.0 Å². The lowest BCUT2D eigenvalue weighted by atomic mass is 10.2. The summed E-state index contributed by atoms with van der Waals surface area (Å²) in [6.07, 6.45) is 5.69. The molecule has 1 aromatic heterocycles. The third kappa shape index (κ3) is 3.08. The highest BCUT2D eigenvalue weighted by Crippen LogP contribution is 2.25. The van der Waals surface area contributed by atoms with Gasteiger partial charge in [0, 0.05) is 32.2 Å². The van der Waals surface area contributed by atoms with Crippen molar-refractivity contribution < 1.29 is 4.42 Å². The Morgan fingerprint density at radius 2 is 1.90 bits per heavy atom. The summed E-state index contributed by atoms with van der Waals surface area (Å²) in [5.74, 6) is 2.00. The van der Waals surface area contributed by atoms with Gasteiger partial charge in [0.2, 0.25) is 0 Å². The Balaban J connectivity index is 1.50. The SMILES string of the molecule is Cc1cc(CN2CCN(C3CCCC3)CC2)oc1CN. The van der Waals surface area contributed by atoms with Crippen LogP contribution in [0.25, 0.3) is 0 Å². The quantitative estimate of drug-likeness (QED) is 0.915. The predicted octanol–water partition coefficient (Wildman–Crippen LogP) is 2.11. The van der Waals surface area contributed by atoms with Crippen LogP contribution in [0.3, 0.4) is 0 Å². The third-order valence-electron chi connectivity index (χ3n) is 4.88. The first-order chi connectivity index (χ1) is 9.76. The number of hydrogen-bond donors (Lipinski definition) is 1. The number of aryl methyl sites for hydroxylation is 1. The molecule has 4 heteroatoms. The minimum atomic E-state index is 0.501. The van der Waals surface area contributed by atoms with E-state index in [1.165, 1.54) is 44.3 Å². The maximum Gasteiger partial charge on any atom is 0.120 e. The monoisotopic (exact) mass is 277 g/mol. The van der Waals surface area contributed by atoms with E-state index in [1.54, 1.807) is 0 Å². The van der Waals surface area contributed by atoms with Crippen molar-refractivity contribution in [2.45, 2.75) is 51.7 Å². The molecule has 1 saturated carbocycles. The van der Waals surface area contributed by atoms with Crippen molar-refractivity contribution in [1.29, 1.82) is 0 Å². The largest absolute Gasteiger partial charge is 0.463 e. The van der Waals surface area contributed by atoms with Crippen LogP contribution in [0.15, 0.2) is 10.5 Å². The fourth-order valence-corrected chi connectivity index (χ4v) is 3.65.